The molecule has 0 aliphatic carbocycles. The summed E-state index contributed by atoms with van der Waals surface area (Å²) in [6.07, 6.45) is 3.47. The minimum Gasteiger partial charge on any atom is -0.309 e. The summed E-state index contributed by atoms with van der Waals surface area (Å²) in [6.45, 7) is 1.12. The van der Waals surface area contributed by atoms with Crippen molar-refractivity contribution in [3.63, 3.8) is 0 Å². The fourth-order valence-electron chi connectivity index (χ4n) is 3.82. The molecule has 4 aromatic rings. The van der Waals surface area contributed by atoms with Crippen molar-refractivity contribution < 1.29 is 8.78 Å². The van der Waals surface area contributed by atoms with Crippen LogP contribution in [0.2, 0.25) is 0 Å². The minimum atomic E-state index is -0.404. The molecule has 142 valence electrons. The van der Waals surface area contributed by atoms with Crippen molar-refractivity contribution in [3.05, 3.63) is 101 Å². The number of nitrogens with one attached hydrogen (secondary N) is 1. The van der Waals surface area contributed by atoms with Crippen LogP contribution in [0.15, 0.2) is 72.9 Å². The van der Waals surface area contributed by atoms with Gasteiger partial charge in [-0.15, -0.1) is 0 Å². The number of rotatable bonds is 2. The molecule has 29 heavy (non-hydrogen) atoms. The van der Waals surface area contributed by atoms with E-state index in [0.717, 1.165) is 16.3 Å². The van der Waals surface area contributed by atoms with Crippen molar-refractivity contribution in [2.24, 2.45) is 0 Å². The van der Waals surface area contributed by atoms with Crippen LogP contribution < -0.4 is 5.32 Å². The molecule has 5 rings (SSSR count). The van der Waals surface area contributed by atoms with Crippen LogP contribution in [0.4, 0.5) is 8.78 Å². The number of nitrogens with zero attached hydrogens (tertiary/aromatic N) is 2. The summed E-state index contributed by atoms with van der Waals surface area (Å²) in [6, 6.07) is 17.7. The number of fused-ring (bicyclic) bond motifs is 2. The molecule has 0 spiro atoms. The van der Waals surface area contributed by atoms with E-state index in [0.29, 0.717) is 41.0 Å². The molecule has 1 aliphatic rings. The van der Waals surface area contributed by atoms with E-state index in [1.54, 1.807) is 24.4 Å². The number of halogens is 2. The molecule has 0 radical (unpaired) electrons. The molecule has 0 amide bonds. The van der Waals surface area contributed by atoms with Gasteiger partial charge in [-0.05, 0) is 63.9 Å². The van der Waals surface area contributed by atoms with E-state index in [1.807, 2.05) is 36.4 Å². The lowest BCUT2D eigenvalue weighted by atomic mass is 9.90. The Kier molecular flexibility index (Phi) is 4.37. The Balaban J connectivity index is 1.69. The Labute approximate surface area is 166 Å². The molecule has 0 unspecified atom stereocenters. The molecule has 3 aromatic carbocycles. The van der Waals surface area contributed by atoms with Gasteiger partial charge in [-0.25, -0.2) is 8.78 Å². The van der Waals surface area contributed by atoms with Crippen molar-refractivity contribution in [2.75, 3.05) is 6.54 Å². The van der Waals surface area contributed by atoms with Gasteiger partial charge in [0.05, 0.1) is 5.69 Å². The highest BCUT2D eigenvalue weighted by Crippen LogP contribution is 2.35. The monoisotopic (exact) mass is 385 g/mol. The Morgan fingerprint density at radius 3 is 2.38 bits per heavy atom. The highest BCUT2D eigenvalue weighted by molar-refractivity contribution is 5.91. The van der Waals surface area contributed by atoms with E-state index in [-0.39, 0.29) is 5.82 Å². The lowest BCUT2D eigenvalue weighted by Gasteiger charge is -2.15. The predicted molar refractivity (Wildman–Crippen MR) is 110 cm³/mol. The second kappa shape index (κ2) is 7.18. The predicted octanol–water partition coefficient (Wildman–Crippen LogP) is 5.11. The molecule has 0 atom stereocenters. The molecule has 1 aliphatic heterocycles. The van der Waals surface area contributed by atoms with Gasteiger partial charge in [-0.3, -0.25) is 0 Å². The molecule has 5 heteroatoms. The molecule has 2 heterocycles. The quantitative estimate of drug-likeness (QED) is 0.521. The first-order chi connectivity index (χ1) is 14.2. The number of hydrogen-bond acceptors (Lipinski definition) is 3. The van der Waals surface area contributed by atoms with Gasteiger partial charge in [-0.2, -0.15) is 10.2 Å². The maximum absolute atomic E-state index is 15.0. The summed E-state index contributed by atoms with van der Waals surface area (Å²) in [7, 11) is 0. The second-order valence-electron chi connectivity index (χ2n) is 7.03. The topological polar surface area (TPSA) is 37.8 Å². The first-order valence-corrected chi connectivity index (χ1v) is 9.41. The normalized spacial score (nSPS) is 13.7. The summed E-state index contributed by atoms with van der Waals surface area (Å²) in [4.78, 5) is 0. The van der Waals surface area contributed by atoms with Crippen molar-refractivity contribution in [1.82, 2.24) is 15.5 Å². The fourth-order valence-corrected chi connectivity index (χ4v) is 3.82. The van der Waals surface area contributed by atoms with Gasteiger partial charge in [0, 0.05) is 30.4 Å². The summed E-state index contributed by atoms with van der Waals surface area (Å²) >= 11 is 0. The largest absolute Gasteiger partial charge is 0.309 e. The zero-order chi connectivity index (χ0) is 19.8. The van der Waals surface area contributed by atoms with Gasteiger partial charge in [0.15, 0.2) is 0 Å². The standard InChI is InChI=1S/C24H17F2N3/c25-22-12-16-5-2-1-4-15(16)10-20(22)18-7-9-27-14-17-11-21(23(26)13-19(17)18)24-6-3-8-28-29-24/h1-8,10-13,27H,9,14H2. The van der Waals surface area contributed by atoms with Crippen molar-refractivity contribution >= 4 is 16.3 Å². The smallest absolute Gasteiger partial charge is 0.133 e. The van der Waals surface area contributed by atoms with Gasteiger partial charge in [0.2, 0.25) is 0 Å². The van der Waals surface area contributed by atoms with Gasteiger partial charge < -0.3 is 5.32 Å². The number of hydrogen-bond donors (Lipinski definition) is 1. The molecule has 1 N–H and O–H groups in total. The molecule has 3 nitrogen and oxygen atoms in total. The van der Waals surface area contributed by atoms with E-state index in [2.05, 4.69) is 15.5 Å². The Morgan fingerprint density at radius 2 is 1.59 bits per heavy atom. The zero-order valence-electron chi connectivity index (χ0n) is 15.5. The summed E-state index contributed by atoms with van der Waals surface area (Å²) in [5.74, 6) is -0.723. The van der Waals surface area contributed by atoms with Crippen LogP contribution >= 0.6 is 0 Å². The van der Waals surface area contributed by atoms with E-state index >= 15 is 8.78 Å². The first-order valence-electron chi connectivity index (χ1n) is 9.41. The number of benzene rings is 3. The summed E-state index contributed by atoms with van der Waals surface area (Å²) in [5.41, 5.74) is 3.61. The highest BCUT2D eigenvalue weighted by atomic mass is 19.1. The van der Waals surface area contributed by atoms with Gasteiger partial charge in [-0.1, -0.05) is 30.3 Å². The highest BCUT2D eigenvalue weighted by Gasteiger charge is 2.20. The average Bonchev–Trinajstić information content (AvgIpc) is 2.95. The lowest BCUT2D eigenvalue weighted by molar-refractivity contribution is 0.624. The number of aromatic nitrogens is 2. The first kappa shape index (κ1) is 17.6. The van der Waals surface area contributed by atoms with Crippen LogP contribution in [0.5, 0.6) is 0 Å². The van der Waals surface area contributed by atoms with Crippen molar-refractivity contribution in [3.8, 4) is 11.3 Å². The third-order valence-corrected chi connectivity index (χ3v) is 5.22. The Morgan fingerprint density at radius 1 is 0.793 bits per heavy atom. The molecule has 0 fully saturated rings. The SMILES string of the molecule is Fc1cc2ccccc2cc1C1=CCNCc2cc(-c3cccnn3)c(F)cc21. The Bertz CT molecular complexity index is 1250. The van der Waals surface area contributed by atoms with Gasteiger partial charge >= 0.3 is 0 Å². The van der Waals surface area contributed by atoms with Crippen LogP contribution in [-0.4, -0.2) is 16.7 Å². The average molecular weight is 385 g/mol. The third-order valence-electron chi connectivity index (χ3n) is 5.22. The fraction of sp³-hybridized carbons (Fsp3) is 0.0833. The molecule has 0 saturated carbocycles. The molecular weight excluding hydrogens is 368 g/mol. The van der Waals surface area contributed by atoms with E-state index < -0.39 is 5.82 Å². The van der Waals surface area contributed by atoms with Crippen LogP contribution in [0.1, 0.15) is 16.7 Å². The summed E-state index contributed by atoms with van der Waals surface area (Å²) < 4.78 is 30.0. The van der Waals surface area contributed by atoms with Crippen LogP contribution in [0, 0.1) is 11.6 Å². The maximum atomic E-state index is 15.0. The van der Waals surface area contributed by atoms with Crippen molar-refractivity contribution in [1.29, 1.82) is 0 Å². The van der Waals surface area contributed by atoms with Gasteiger partial charge in [0.25, 0.3) is 0 Å². The van der Waals surface area contributed by atoms with E-state index in [4.69, 9.17) is 0 Å². The zero-order valence-corrected chi connectivity index (χ0v) is 15.5. The van der Waals surface area contributed by atoms with Crippen LogP contribution in [0.25, 0.3) is 27.6 Å². The third kappa shape index (κ3) is 3.19. The molecular formula is C24H17F2N3. The van der Waals surface area contributed by atoms with E-state index in [1.165, 1.54) is 12.1 Å². The Hall–Kier alpha value is -3.44. The minimum absolute atomic E-state index is 0.318. The van der Waals surface area contributed by atoms with Crippen LogP contribution in [-0.2, 0) is 6.54 Å². The molecule has 1 aromatic heterocycles. The molecule has 0 saturated heterocycles. The maximum Gasteiger partial charge on any atom is 0.133 e. The van der Waals surface area contributed by atoms with Crippen LogP contribution in [0.3, 0.4) is 0 Å². The lowest BCUT2D eigenvalue weighted by Crippen LogP contribution is -2.11. The van der Waals surface area contributed by atoms with Gasteiger partial charge in [0.1, 0.15) is 11.6 Å². The van der Waals surface area contributed by atoms with Crippen molar-refractivity contribution in [2.45, 2.75) is 6.54 Å². The summed E-state index contributed by atoms with van der Waals surface area (Å²) in [5, 5.41) is 12.9. The second-order valence-corrected chi connectivity index (χ2v) is 7.03. The molecule has 0 bridgehead atoms. The van der Waals surface area contributed by atoms with E-state index in [9.17, 15) is 0 Å².